The summed E-state index contributed by atoms with van der Waals surface area (Å²) in [6.45, 7) is 0.135. The minimum atomic E-state index is -0.621. The number of anilines is 2. The van der Waals surface area contributed by atoms with Gasteiger partial charge in [0, 0.05) is 23.8 Å². The van der Waals surface area contributed by atoms with Crippen LogP contribution in [0.3, 0.4) is 0 Å². The first kappa shape index (κ1) is 21.3. The second-order valence-electron chi connectivity index (χ2n) is 6.97. The molecule has 0 aliphatic carbocycles. The number of benzene rings is 3. The first-order valence-corrected chi connectivity index (χ1v) is 9.99. The minimum Gasteiger partial charge on any atom is -0.444 e. The molecule has 1 heterocycles. The van der Waals surface area contributed by atoms with E-state index in [9.17, 15) is 14.0 Å². The fourth-order valence-electron chi connectivity index (χ4n) is 3.19. The van der Waals surface area contributed by atoms with Gasteiger partial charge in [0.25, 0.3) is 5.91 Å². The third-order valence-electron chi connectivity index (χ3n) is 4.68. The van der Waals surface area contributed by atoms with E-state index in [0.29, 0.717) is 22.3 Å². The first-order valence-electron chi connectivity index (χ1n) is 9.61. The summed E-state index contributed by atoms with van der Waals surface area (Å²) in [5.41, 5.74) is 2.49. The van der Waals surface area contributed by atoms with E-state index in [4.69, 9.17) is 16.3 Å². The van der Waals surface area contributed by atoms with Crippen molar-refractivity contribution in [3.8, 4) is 0 Å². The molecule has 0 radical (unpaired) electrons. The van der Waals surface area contributed by atoms with Crippen molar-refractivity contribution in [2.75, 3.05) is 10.6 Å². The Morgan fingerprint density at radius 2 is 1.75 bits per heavy atom. The van der Waals surface area contributed by atoms with Gasteiger partial charge in [-0.1, -0.05) is 41.9 Å². The number of nitrogens with zero attached hydrogens (tertiary/aromatic N) is 2. The van der Waals surface area contributed by atoms with E-state index in [1.54, 1.807) is 25.2 Å². The molecule has 2 N–H and O–H groups in total. The smallest absolute Gasteiger partial charge is 0.411 e. The van der Waals surface area contributed by atoms with E-state index in [2.05, 4.69) is 15.7 Å². The molecule has 7 nitrogen and oxygen atoms in total. The molecule has 0 fully saturated rings. The lowest BCUT2D eigenvalue weighted by Crippen LogP contribution is -2.16. The normalized spacial score (nSPS) is 10.7. The molecule has 4 aromatic rings. The van der Waals surface area contributed by atoms with Gasteiger partial charge in [0.1, 0.15) is 18.1 Å². The first-order chi connectivity index (χ1) is 15.4. The number of nitrogens with one attached hydrogen (secondary N) is 2. The van der Waals surface area contributed by atoms with E-state index in [0.717, 1.165) is 5.56 Å². The predicted octanol–water partition coefficient (Wildman–Crippen LogP) is 5.37. The Balaban J connectivity index is 1.51. The van der Waals surface area contributed by atoms with Crippen LogP contribution in [0.4, 0.5) is 20.6 Å². The Morgan fingerprint density at radius 1 is 1.03 bits per heavy atom. The zero-order valence-electron chi connectivity index (χ0n) is 16.9. The van der Waals surface area contributed by atoms with E-state index in [-0.39, 0.29) is 17.3 Å². The molecule has 3 aromatic carbocycles. The van der Waals surface area contributed by atoms with Crippen LogP contribution in [0.15, 0.2) is 66.7 Å². The Bertz CT molecular complexity index is 1310. The molecule has 32 heavy (non-hydrogen) atoms. The van der Waals surface area contributed by atoms with E-state index in [1.807, 2.05) is 30.3 Å². The summed E-state index contributed by atoms with van der Waals surface area (Å²) < 4.78 is 20.0. The SMILES string of the molecule is Cn1nc2ccc(NC(=O)OCc3ccccc3)cc2c1C(=O)Nc1ccc(F)c(Cl)c1. The lowest BCUT2D eigenvalue weighted by Gasteiger charge is -2.08. The zero-order valence-corrected chi connectivity index (χ0v) is 17.7. The Kier molecular flexibility index (Phi) is 6.04. The summed E-state index contributed by atoms with van der Waals surface area (Å²) in [7, 11) is 1.63. The van der Waals surface area contributed by atoms with Gasteiger partial charge in [0.05, 0.1) is 10.5 Å². The second kappa shape index (κ2) is 9.07. The molecule has 2 amide bonds. The van der Waals surface area contributed by atoms with Crippen LogP contribution in [-0.2, 0) is 18.4 Å². The molecule has 0 aliphatic heterocycles. The largest absolute Gasteiger partial charge is 0.444 e. The predicted molar refractivity (Wildman–Crippen MR) is 120 cm³/mol. The molecule has 162 valence electrons. The van der Waals surface area contributed by atoms with Gasteiger partial charge in [-0.3, -0.25) is 14.8 Å². The molecule has 0 atom stereocenters. The molecule has 0 bridgehead atoms. The van der Waals surface area contributed by atoms with Gasteiger partial charge in [-0.2, -0.15) is 5.10 Å². The van der Waals surface area contributed by atoms with Crippen LogP contribution in [0.2, 0.25) is 5.02 Å². The zero-order chi connectivity index (χ0) is 22.7. The Morgan fingerprint density at radius 3 is 2.50 bits per heavy atom. The third kappa shape index (κ3) is 4.70. The summed E-state index contributed by atoms with van der Waals surface area (Å²) in [4.78, 5) is 25.0. The number of carbonyl (C=O) groups excluding carboxylic acids is 2. The number of amides is 2. The Hall–Kier alpha value is -3.91. The lowest BCUT2D eigenvalue weighted by atomic mass is 10.1. The average Bonchev–Trinajstić information content (AvgIpc) is 3.10. The van der Waals surface area contributed by atoms with Gasteiger partial charge >= 0.3 is 6.09 Å². The van der Waals surface area contributed by atoms with Crippen LogP contribution < -0.4 is 10.6 Å². The van der Waals surface area contributed by atoms with Crippen LogP contribution >= 0.6 is 11.6 Å². The molecule has 0 saturated heterocycles. The van der Waals surface area contributed by atoms with Crippen LogP contribution in [0.25, 0.3) is 10.9 Å². The monoisotopic (exact) mass is 452 g/mol. The minimum absolute atomic E-state index is 0.0989. The van der Waals surface area contributed by atoms with E-state index in [1.165, 1.54) is 22.9 Å². The highest BCUT2D eigenvalue weighted by Gasteiger charge is 2.18. The highest BCUT2D eigenvalue weighted by molar-refractivity contribution is 6.31. The molecule has 0 spiro atoms. The fraction of sp³-hybridized carbons (Fsp3) is 0.0870. The molecule has 9 heteroatoms. The van der Waals surface area contributed by atoms with E-state index < -0.39 is 17.8 Å². The van der Waals surface area contributed by atoms with Gasteiger partial charge in [-0.25, -0.2) is 9.18 Å². The molecule has 1 aromatic heterocycles. The Labute approximate surface area is 187 Å². The summed E-state index contributed by atoms with van der Waals surface area (Å²) in [5, 5.41) is 10.1. The van der Waals surface area contributed by atoms with Gasteiger partial charge in [-0.15, -0.1) is 0 Å². The number of aromatic nitrogens is 2. The number of ether oxygens (including phenoxy) is 1. The molecule has 0 saturated carbocycles. The summed E-state index contributed by atoms with van der Waals surface area (Å²) >= 11 is 5.79. The summed E-state index contributed by atoms with van der Waals surface area (Å²) in [5.74, 6) is -1.04. The number of rotatable bonds is 5. The van der Waals surface area contributed by atoms with Crippen molar-refractivity contribution in [3.63, 3.8) is 0 Å². The lowest BCUT2D eigenvalue weighted by molar-refractivity contribution is 0.101. The number of halogens is 2. The maximum atomic E-state index is 13.4. The standard InChI is InChI=1S/C23H18ClFN4O3/c1-29-21(22(30)26-16-7-9-19(25)18(24)12-16)17-11-15(8-10-20(17)28-29)27-23(31)32-13-14-5-3-2-4-6-14/h2-12H,13H2,1H3,(H,26,30)(H,27,31). The summed E-state index contributed by atoms with van der Waals surface area (Å²) in [6.07, 6.45) is -0.621. The van der Waals surface area contributed by atoms with Crippen molar-refractivity contribution in [3.05, 3.63) is 88.8 Å². The van der Waals surface area contributed by atoms with Gasteiger partial charge in [-0.05, 0) is 42.0 Å². The summed E-state index contributed by atoms with van der Waals surface area (Å²) in [6, 6.07) is 18.2. The van der Waals surface area contributed by atoms with Crippen molar-refractivity contribution in [2.24, 2.45) is 7.05 Å². The number of hydrogen-bond acceptors (Lipinski definition) is 4. The average molecular weight is 453 g/mol. The number of hydrogen-bond donors (Lipinski definition) is 2. The maximum absolute atomic E-state index is 13.4. The van der Waals surface area contributed by atoms with Crippen LogP contribution in [0, 0.1) is 5.82 Å². The van der Waals surface area contributed by atoms with Crippen LogP contribution in [0.1, 0.15) is 16.1 Å². The highest BCUT2D eigenvalue weighted by Crippen LogP contribution is 2.25. The fourth-order valence-corrected chi connectivity index (χ4v) is 3.37. The molecular weight excluding hydrogens is 435 g/mol. The highest BCUT2D eigenvalue weighted by atomic mass is 35.5. The molecule has 0 unspecified atom stereocenters. The quantitative estimate of drug-likeness (QED) is 0.426. The number of aryl methyl sites for hydroxylation is 1. The van der Waals surface area contributed by atoms with Crippen LogP contribution in [0.5, 0.6) is 0 Å². The number of carbonyl (C=O) groups is 2. The van der Waals surface area contributed by atoms with E-state index >= 15 is 0 Å². The number of fused-ring (bicyclic) bond motifs is 1. The van der Waals surface area contributed by atoms with Gasteiger partial charge in [0.15, 0.2) is 0 Å². The van der Waals surface area contributed by atoms with Crippen molar-refractivity contribution >= 4 is 45.9 Å². The second-order valence-corrected chi connectivity index (χ2v) is 7.38. The van der Waals surface area contributed by atoms with Crippen molar-refractivity contribution in [1.82, 2.24) is 9.78 Å². The van der Waals surface area contributed by atoms with Crippen LogP contribution in [-0.4, -0.2) is 21.8 Å². The molecular formula is C23H18ClFN4O3. The van der Waals surface area contributed by atoms with Crippen molar-refractivity contribution in [1.29, 1.82) is 0 Å². The third-order valence-corrected chi connectivity index (χ3v) is 4.97. The van der Waals surface area contributed by atoms with Crippen molar-refractivity contribution < 1.29 is 18.7 Å². The van der Waals surface area contributed by atoms with Gasteiger partial charge in [0.2, 0.25) is 0 Å². The topological polar surface area (TPSA) is 85.2 Å². The maximum Gasteiger partial charge on any atom is 0.411 e. The molecule has 4 rings (SSSR count). The van der Waals surface area contributed by atoms with Crippen molar-refractivity contribution in [2.45, 2.75) is 6.61 Å². The van der Waals surface area contributed by atoms with Gasteiger partial charge < -0.3 is 10.1 Å². The molecule has 0 aliphatic rings.